The molecule has 3 aromatic carbocycles. The number of hydrogen-bond acceptors (Lipinski definition) is 6. The molecule has 1 aromatic heterocycles. The third kappa shape index (κ3) is 4.62. The van der Waals surface area contributed by atoms with Crippen LogP contribution in [0.4, 0.5) is 5.13 Å². The largest absolute Gasteiger partial charge is 0.503 e. The highest BCUT2D eigenvalue weighted by Crippen LogP contribution is 2.42. The minimum absolute atomic E-state index is 0.00533. The summed E-state index contributed by atoms with van der Waals surface area (Å²) >= 11 is 1.25. The van der Waals surface area contributed by atoms with Crippen LogP contribution in [0.15, 0.2) is 114 Å². The lowest BCUT2D eigenvalue weighted by molar-refractivity contribution is -0.117. The highest BCUT2D eigenvalue weighted by atomic mass is 32.1. The summed E-state index contributed by atoms with van der Waals surface area (Å²) in [6.07, 6.45) is 4.60. The van der Waals surface area contributed by atoms with Gasteiger partial charge in [0.25, 0.3) is 5.91 Å². The van der Waals surface area contributed by atoms with Crippen molar-refractivity contribution in [3.8, 4) is 11.5 Å². The zero-order valence-electron chi connectivity index (χ0n) is 18.4. The van der Waals surface area contributed by atoms with E-state index in [2.05, 4.69) is 4.98 Å². The number of ether oxygens (including phenoxy) is 1. The van der Waals surface area contributed by atoms with E-state index in [4.69, 9.17) is 4.74 Å². The summed E-state index contributed by atoms with van der Waals surface area (Å²) in [5, 5.41) is 12.9. The van der Waals surface area contributed by atoms with Crippen LogP contribution in [0.1, 0.15) is 17.2 Å². The zero-order valence-corrected chi connectivity index (χ0v) is 19.3. The molecule has 0 spiro atoms. The molecule has 6 nitrogen and oxygen atoms in total. The fourth-order valence-corrected chi connectivity index (χ4v) is 4.57. The van der Waals surface area contributed by atoms with E-state index in [-0.39, 0.29) is 5.57 Å². The predicted molar refractivity (Wildman–Crippen MR) is 135 cm³/mol. The number of benzene rings is 3. The number of aliphatic hydroxyl groups is 1. The van der Waals surface area contributed by atoms with E-state index in [0.29, 0.717) is 22.2 Å². The summed E-state index contributed by atoms with van der Waals surface area (Å²) in [5.74, 6) is -0.515. The molecular formula is C28H20N2O4S. The number of amides is 1. The van der Waals surface area contributed by atoms with E-state index in [1.54, 1.807) is 41.9 Å². The number of para-hydroxylation sites is 1. The average Bonchev–Trinajstić information content (AvgIpc) is 3.51. The lowest BCUT2D eigenvalue weighted by Crippen LogP contribution is -2.30. The van der Waals surface area contributed by atoms with Crippen molar-refractivity contribution in [2.75, 3.05) is 4.90 Å². The Labute approximate surface area is 206 Å². The molecule has 0 saturated carbocycles. The Morgan fingerprint density at radius 2 is 1.69 bits per heavy atom. The van der Waals surface area contributed by atoms with E-state index < -0.39 is 23.5 Å². The minimum atomic E-state index is -0.860. The lowest BCUT2D eigenvalue weighted by atomic mass is 9.95. The predicted octanol–water partition coefficient (Wildman–Crippen LogP) is 6.12. The van der Waals surface area contributed by atoms with Crippen molar-refractivity contribution in [3.63, 3.8) is 0 Å². The number of carbonyl (C=O) groups is 2. The molecule has 0 bridgehead atoms. The van der Waals surface area contributed by atoms with Gasteiger partial charge in [-0.25, -0.2) is 4.98 Å². The maximum atomic E-state index is 13.3. The smallest absolute Gasteiger partial charge is 0.296 e. The number of carbonyl (C=O) groups excluding carboxylic acids is 2. The van der Waals surface area contributed by atoms with E-state index in [1.165, 1.54) is 22.3 Å². The maximum Gasteiger partial charge on any atom is 0.296 e. The maximum absolute atomic E-state index is 13.3. The standard InChI is InChI=1S/C28H20N2O4S/c31-23(15-14-19-8-3-1-4-9-19)24-25(30(27(33)26(24)32)28-29-16-17-35-28)20-10-7-13-22(18-20)34-21-11-5-2-6-12-21/h1-18,25,32H. The summed E-state index contributed by atoms with van der Waals surface area (Å²) in [5.41, 5.74) is 1.44. The van der Waals surface area contributed by atoms with Crippen LogP contribution in [0, 0.1) is 0 Å². The first kappa shape index (κ1) is 22.3. The molecule has 0 saturated heterocycles. The van der Waals surface area contributed by atoms with Gasteiger partial charge >= 0.3 is 0 Å². The molecule has 7 heteroatoms. The highest BCUT2D eigenvalue weighted by molar-refractivity contribution is 7.13. The number of aromatic nitrogens is 1. The van der Waals surface area contributed by atoms with E-state index in [1.807, 2.05) is 60.7 Å². The molecule has 1 unspecified atom stereocenters. The van der Waals surface area contributed by atoms with E-state index in [9.17, 15) is 14.7 Å². The van der Waals surface area contributed by atoms with Gasteiger partial charge < -0.3 is 9.84 Å². The first-order valence-electron chi connectivity index (χ1n) is 10.9. The van der Waals surface area contributed by atoms with Gasteiger partial charge in [-0.3, -0.25) is 14.5 Å². The second-order valence-corrected chi connectivity index (χ2v) is 8.62. The van der Waals surface area contributed by atoms with Crippen LogP contribution in [-0.4, -0.2) is 21.8 Å². The first-order chi connectivity index (χ1) is 17.1. The Kier molecular flexibility index (Phi) is 6.24. The molecule has 1 N–H and O–H groups in total. The zero-order chi connectivity index (χ0) is 24.2. The molecule has 1 aliphatic rings. The Hall–Kier alpha value is -4.49. The van der Waals surface area contributed by atoms with Crippen LogP contribution in [0.5, 0.6) is 11.5 Å². The van der Waals surface area contributed by atoms with E-state index in [0.717, 1.165) is 5.56 Å². The SMILES string of the molecule is O=C(C=Cc1ccccc1)C1=C(O)C(=O)N(c2nccs2)C1c1cccc(Oc2ccccc2)c1. The number of hydrogen-bond donors (Lipinski definition) is 1. The Bertz CT molecular complexity index is 1410. The normalized spacial score (nSPS) is 15.7. The molecule has 0 fully saturated rings. The topological polar surface area (TPSA) is 79.7 Å². The van der Waals surface area contributed by atoms with Crippen LogP contribution >= 0.6 is 11.3 Å². The summed E-state index contributed by atoms with van der Waals surface area (Å²) < 4.78 is 5.97. The third-order valence-electron chi connectivity index (χ3n) is 5.48. The number of nitrogens with zero attached hydrogens (tertiary/aromatic N) is 2. The first-order valence-corrected chi connectivity index (χ1v) is 11.8. The number of ketones is 1. The molecule has 0 radical (unpaired) electrons. The number of thiazole rings is 1. The number of allylic oxidation sites excluding steroid dienone is 1. The monoisotopic (exact) mass is 480 g/mol. The van der Waals surface area contributed by atoms with Gasteiger partial charge in [-0.1, -0.05) is 66.7 Å². The van der Waals surface area contributed by atoms with Crippen LogP contribution in [0.25, 0.3) is 6.08 Å². The van der Waals surface area contributed by atoms with Gasteiger partial charge in [-0.2, -0.15) is 0 Å². The summed E-state index contributed by atoms with van der Waals surface area (Å²) in [7, 11) is 0. The summed E-state index contributed by atoms with van der Waals surface area (Å²) in [4.78, 5) is 32.1. The average molecular weight is 481 g/mol. The Morgan fingerprint density at radius 3 is 2.40 bits per heavy atom. The lowest BCUT2D eigenvalue weighted by Gasteiger charge is -2.24. The molecule has 1 amide bonds. The molecular weight excluding hydrogens is 460 g/mol. The van der Waals surface area contributed by atoms with Crippen LogP contribution in [-0.2, 0) is 9.59 Å². The second kappa shape index (κ2) is 9.79. The van der Waals surface area contributed by atoms with Crippen LogP contribution in [0.2, 0.25) is 0 Å². The molecule has 5 rings (SSSR count). The Balaban J connectivity index is 1.54. The van der Waals surface area contributed by atoms with Crippen molar-refractivity contribution in [2.24, 2.45) is 0 Å². The van der Waals surface area contributed by atoms with E-state index >= 15 is 0 Å². The molecule has 0 aliphatic carbocycles. The van der Waals surface area contributed by atoms with Gasteiger partial charge in [0, 0.05) is 11.6 Å². The second-order valence-electron chi connectivity index (χ2n) is 7.75. The van der Waals surface area contributed by atoms with Gasteiger partial charge in [0.1, 0.15) is 11.5 Å². The van der Waals surface area contributed by atoms with Gasteiger partial charge in [0.05, 0.1) is 11.6 Å². The highest BCUT2D eigenvalue weighted by Gasteiger charge is 2.45. The molecule has 4 aromatic rings. The Morgan fingerprint density at radius 1 is 0.971 bits per heavy atom. The quantitative estimate of drug-likeness (QED) is 0.323. The van der Waals surface area contributed by atoms with Crippen LogP contribution < -0.4 is 9.64 Å². The van der Waals surface area contributed by atoms with Crippen molar-refractivity contribution < 1.29 is 19.4 Å². The molecule has 35 heavy (non-hydrogen) atoms. The number of anilines is 1. The summed E-state index contributed by atoms with van der Waals surface area (Å²) in [6.45, 7) is 0. The van der Waals surface area contributed by atoms with Gasteiger partial charge in [0.15, 0.2) is 16.7 Å². The fourth-order valence-electron chi connectivity index (χ4n) is 3.90. The third-order valence-corrected chi connectivity index (χ3v) is 6.25. The van der Waals surface area contributed by atoms with Crippen molar-refractivity contribution in [1.82, 2.24) is 4.98 Å². The van der Waals surface area contributed by atoms with Gasteiger partial charge in [0.2, 0.25) is 0 Å². The summed E-state index contributed by atoms with van der Waals surface area (Å²) in [6, 6.07) is 24.9. The van der Waals surface area contributed by atoms with Gasteiger partial charge in [-0.15, -0.1) is 11.3 Å². The van der Waals surface area contributed by atoms with Crippen LogP contribution in [0.3, 0.4) is 0 Å². The fraction of sp³-hybridized carbons (Fsp3) is 0.0357. The van der Waals surface area contributed by atoms with Crippen molar-refractivity contribution >= 4 is 34.2 Å². The van der Waals surface area contributed by atoms with Crippen molar-refractivity contribution in [2.45, 2.75) is 6.04 Å². The molecule has 172 valence electrons. The molecule has 1 aliphatic heterocycles. The van der Waals surface area contributed by atoms with Gasteiger partial charge in [-0.05, 0) is 41.5 Å². The minimum Gasteiger partial charge on any atom is -0.503 e. The van der Waals surface area contributed by atoms with Crippen molar-refractivity contribution in [1.29, 1.82) is 0 Å². The molecule has 1 atom stereocenters. The number of aliphatic hydroxyl groups excluding tert-OH is 1. The van der Waals surface area contributed by atoms with Crippen molar-refractivity contribution in [3.05, 3.63) is 125 Å². The number of rotatable bonds is 7. The molecule has 2 heterocycles.